The highest BCUT2D eigenvalue weighted by Gasteiger charge is 2.40. The number of hydrogen-bond acceptors (Lipinski definition) is 5. The van der Waals surface area contributed by atoms with Gasteiger partial charge in [0, 0.05) is 25.5 Å². The van der Waals surface area contributed by atoms with Crippen molar-refractivity contribution in [2.75, 3.05) is 19.7 Å². The molecule has 0 aliphatic carbocycles. The van der Waals surface area contributed by atoms with Gasteiger partial charge in [-0.1, -0.05) is 60.2 Å². The summed E-state index contributed by atoms with van der Waals surface area (Å²) in [6, 6.07) is 16.9. The lowest BCUT2D eigenvalue weighted by atomic mass is 9.89. The summed E-state index contributed by atoms with van der Waals surface area (Å²) in [5.41, 5.74) is 3.17. The van der Waals surface area contributed by atoms with E-state index in [9.17, 15) is 14.7 Å². The predicted molar refractivity (Wildman–Crippen MR) is 123 cm³/mol. The molecule has 2 aliphatic rings. The van der Waals surface area contributed by atoms with Gasteiger partial charge in [0.05, 0.1) is 18.8 Å². The van der Waals surface area contributed by atoms with Gasteiger partial charge >= 0.3 is 6.09 Å². The maximum Gasteiger partial charge on any atom is 0.410 e. The Morgan fingerprint density at radius 3 is 2.67 bits per heavy atom. The second kappa shape index (κ2) is 10.8. The molecule has 2 heterocycles. The van der Waals surface area contributed by atoms with Gasteiger partial charge in [-0.05, 0) is 30.9 Å². The lowest BCUT2D eigenvalue weighted by molar-refractivity contribution is -0.126. The van der Waals surface area contributed by atoms with Crippen molar-refractivity contribution >= 4 is 12.0 Å². The van der Waals surface area contributed by atoms with Crippen molar-refractivity contribution in [2.45, 2.75) is 51.0 Å². The molecule has 0 aromatic heterocycles. The van der Waals surface area contributed by atoms with Gasteiger partial charge in [-0.3, -0.25) is 9.69 Å². The number of amides is 2. The van der Waals surface area contributed by atoms with Gasteiger partial charge in [0.25, 0.3) is 0 Å². The van der Waals surface area contributed by atoms with E-state index in [4.69, 9.17) is 9.47 Å². The standard InChI is InChI=1S/C26H32N2O5/c1-18-9-11-20(12-10-18)24-21(8-5-13-32-24)15-27-25(30)23-14-22(29)16-28(23)26(31)33-17-19-6-3-2-4-7-19/h2-4,6-7,9-12,21-24,29H,5,8,13-17H2,1H3,(H,27,30)/t21?,22-,23+,24?/m1/s1. The average molecular weight is 453 g/mol. The van der Waals surface area contributed by atoms with Gasteiger partial charge in [-0.15, -0.1) is 0 Å². The molecular weight excluding hydrogens is 420 g/mol. The van der Waals surface area contributed by atoms with Crippen LogP contribution in [-0.2, 0) is 20.9 Å². The zero-order chi connectivity index (χ0) is 23.2. The Hall–Kier alpha value is -2.90. The van der Waals surface area contributed by atoms with Gasteiger partial charge in [-0.25, -0.2) is 4.79 Å². The van der Waals surface area contributed by atoms with Crippen molar-refractivity contribution in [3.63, 3.8) is 0 Å². The monoisotopic (exact) mass is 452 g/mol. The number of rotatable bonds is 6. The van der Waals surface area contributed by atoms with Crippen LogP contribution < -0.4 is 5.32 Å². The summed E-state index contributed by atoms with van der Waals surface area (Å²) < 4.78 is 11.4. The topological polar surface area (TPSA) is 88.1 Å². The number of hydrogen-bond donors (Lipinski definition) is 2. The summed E-state index contributed by atoms with van der Waals surface area (Å²) in [4.78, 5) is 27.0. The molecule has 0 saturated carbocycles. The second-order valence-corrected chi connectivity index (χ2v) is 8.95. The van der Waals surface area contributed by atoms with Crippen molar-refractivity contribution in [1.29, 1.82) is 0 Å². The molecule has 0 bridgehead atoms. The number of aliphatic hydroxyl groups is 1. The number of β-amino-alcohol motifs (C(OH)–C–C–N with tert-alkyl or cyclic N) is 1. The number of ether oxygens (including phenoxy) is 2. The highest BCUT2D eigenvalue weighted by Crippen LogP contribution is 2.33. The van der Waals surface area contributed by atoms with Crippen molar-refractivity contribution < 1.29 is 24.2 Å². The van der Waals surface area contributed by atoms with Crippen LogP contribution in [0.2, 0.25) is 0 Å². The Balaban J connectivity index is 1.34. The van der Waals surface area contributed by atoms with Crippen LogP contribution in [0.5, 0.6) is 0 Å². The molecule has 2 aromatic carbocycles. The molecule has 33 heavy (non-hydrogen) atoms. The predicted octanol–water partition coefficient (Wildman–Crippen LogP) is 3.35. The maximum atomic E-state index is 13.0. The number of carbonyl (C=O) groups excluding carboxylic acids is 2. The van der Waals surface area contributed by atoms with E-state index in [1.807, 2.05) is 30.3 Å². The molecule has 176 valence electrons. The summed E-state index contributed by atoms with van der Waals surface area (Å²) in [6.45, 7) is 3.42. The van der Waals surface area contributed by atoms with E-state index in [0.29, 0.717) is 13.2 Å². The molecule has 7 heteroatoms. The second-order valence-electron chi connectivity index (χ2n) is 8.95. The van der Waals surface area contributed by atoms with Crippen LogP contribution in [0.1, 0.15) is 42.1 Å². The number of nitrogens with zero attached hydrogens (tertiary/aromatic N) is 1. The van der Waals surface area contributed by atoms with Crippen LogP contribution in [0.25, 0.3) is 0 Å². The van der Waals surface area contributed by atoms with E-state index in [2.05, 4.69) is 36.5 Å². The highest BCUT2D eigenvalue weighted by molar-refractivity contribution is 5.86. The van der Waals surface area contributed by atoms with E-state index in [-0.39, 0.29) is 37.5 Å². The zero-order valence-corrected chi connectivity index (χ0v) is 19.0. The first kappa shape index (κ1) is 23.3. The number of carbonyl (C=O) groups is 2. The normalized spacial score (nSPS) is 25.0. The minimum absolute atomic E-state index is 0.0687. The zero-order valence-electron chi connectivity index (χ0n) is 19.0. The van der Waals surface area contributed by atoms with Crippen molar-refractivity contribution in [1.82, 2.24) is 10.2 Å². The summed E-state index contributed by atoms with van der Waals surface area (Å²) in [5, 5.41) is 13.1. The van der Waals surface area contributed by atoms with Crippen LogP contribution in [0.3, 0.4) is 0 Å². The number of benzene rings is 2. The Morgan fingerprint density at radius 1 is 1.15 bits per heavy atom. The van der Waals surface area contributed by atoms with E-state index < -0.39 is 18.2 Å². The smallest absolute Gasteiger partial charge is 0.410 e. The molecule has 2 aromatic rings. The number of nitrogens with one attached hydrogen (secondary N) is 1. The summed E-state index contributed by atoms with van der Waals surface area (Å²) in [7, 11) is 0. The maximum absolute atomic E-state index is 13.0. The molecule has 7 nitrogen and oxygen atoms in total. The first-order chi connectivity index (χ1) is 16.0. The number of aryl methyl sites for hydroxylation is 1. The SMILES string of the molecule is Cc1ccc(C2OCCCC2CNC(=O)[C@@H]2C[C@@H](O)CN2C(=O)OCc2ccccc2)cc1. The molecule has 2 saturated heterocycles. The lowest BCUT2D eigenvalue weighted by Gasteiger charge is -2.33. The molecule has 0 spiro atoms. The van der Waals surface area contributed by atoms with Gasteiger partial charge in [0.1, 0.15) is 12.6 Å². The number of likely N-dealkylation sites (tertiary alicyclic amines) is 1. The van der Waals surface area contributed by atoms with Crippen LogP contribution in [-0.4, -0.2) is 53.8 Å². The summed E-state index contributed by atoms with van der Waals surface area (Å²) in [6.07, 6.45) is 0.699. The molecule has 2 aliphatic heterocycles. The Morgan fingerprint density at radius 2 is 1.91 bits per heavy atom. The first-order valence-corrected chi connectivity index (χ1v) is 11.6. The Kier molecular flexibility index (Phi) is 7.62. The van der Waals surface area contributed by atoms with Crippen molar-refractivity contribution in [3.8, 4) is 0 Å². The van der Waals surface area contributed by atoms with Crippen molar-refractivity contribution in [2.24, 2.45) is 5.92 Å². The van der Waals surface area contributed by atoms with Crippen LogP contribution in [0.4, 0.5) is 4.79 Å². The van der Waals surface area contributed by atoms with Crippen LogP contribution in [0, 0.1) is 12.8 Å². The third-order valence-corrected chi connectivity index (χ3v) is 6.41. The van der Waals surface area contributed by atoms with Crippen LogP contribution in [0.15, 0.2) is 54.6 Å². The van der Waals surface area contributed by atoms with Gasteiger partial charge in [0.15, 0.2) is 0 Å². The Bertz CT molecular complexity index is 933. The first-order valence-electron chi connectivity index (χ1n) is 11.6. The fourth-order valence-electron chi connectivity index (χ4n) is 4.59. The molecule has 2 unspecified atom stereocenters. The van der Waals surface area contributed by atoms with Crippen LogP contribution >= 0.6 is 0 Å². The summed E-state index contributed by atoms with van der Waals surface area (Å²) in [5.74, 6) is -0.119. The lowest BCUT2D eigenvalue weighted by Crippen LogP contribution is -2.47. The summed E-state index contributed by atoms with van der Waals surface area (Å²) >= 11 is 0. The van der Waals surface area contributed by atoms with Gasteiger partial charge in [-0.2, -0.15) is 0 Å². The molecule has 0 radical (unpaired) electrons. The molecular formula is C26H32N2O5. The average Bonchev–Trinajstić information content (AvgIpc) is 3.24. The fraction of sp³-hybridized carbons (Fsp3) is 0.462. The molecule has 2 amide bonds. The third-order valence-electron chi connectivity index (χ3n) is 6.41. The van der Waals surface area contributed by atoms with E-state index in [0.717, 1.165) is 24.0 Å². The Labute approximate surface area is 194 Å². The minimum Gasteiger partial charge on any atom is -0.445 e. The van der Waals surface area contributed by atoms with E-state index >= 15 is 0 Å². The van der Waals surface area contributed by atoms with Gasteiger partial charge in [0.2, 0.25) is 5.91 Å². The van der Waals surface area contributed by atoms with E-state index in [1.165, 1.54) is 10.5 Å². The number of aliphatic hydroxyl groups excluding tert-OH is 1. The van der Waals surface area contributed by atoms with Gasteiger partial charge < -0.3 is 19.9 Å². The van der Waals surface area contributed by atoms with E-state index in [1.54, 1.807) is 0 Å². The highest BCUT2D eigenvalue weighted by atomic mass is 16.6. The molecule has 2 fully saturated rings. The van der Waals surface area contributed by atoms with Crippen molar-refractivity contribution in [3.05, 3.63) is 71.3 Å². The largest absolute Gasteiger partial charge is 0.445 e. The quantitative estimate of drug-likeness (QED) is 0.702. The molecule has 4 atom stereocenters. The molecule has 2 N–H and O–H groups in total. The third kappa shape index (κ3) is 5.92. The fourth-order valence-corrected chi connectivity index (χ4v) is 4.59. The minimum atomic E-state index is -0.747. The molecule has 4 rings (SSSR count).